The van der Waals surface area contributed by atoms with Crippen LogP contribution < -0.4 is 14.8 Å². The molecule has 38 heavy (non-hydrogen) atoms. The molecule has 202 valence electrons. The number of aromatic nitrogens is 3. The smallest absolute Gasteiger partial charge is 0.296 e. The number of fused-ring (bicyclic) bond motifs is 2. The Hall–Kier alpha value is -2.77. The van der Waals surface area contributed by atoms with Crippen molar-refractivity contribution in [3.63, 3.8) is 0 Å². The third-order valence-corrected chi connectivity index (χ3v) is 7.93. The van der Waals surface area contributed by atoms with Gasteiger partial charge < -0.3 is 39.1 Å². The average molecular weight is 551 g/mol. The molecule has 4 fully saturated rings. The summed E-state index contributed by atoms with van der Waals surface area (Å²) in [7, 11) is 0. The van der Waals surface area contributed by atoms with Gasteiger partial charge in [0, 0.05) is 29.7 Å². The van der Waals surface area contributed by atoms with E-state index in [9.17, 15) is 13.9 Å². The second-order valence-corrected chi connectivity index (χ2v) is 10.8. The molecule has 3 aliphatic heterocycles. The van der Waals surface area contributed by atoms with Crippen molar-refractivity contribution in [3.8, 4) is 11.8 Å². The molecule has 1 spiro atoms. The van der Waals surface area contributed by atoms with Gasteiger partial charge in [0.15, 0.2) is 11.8 Å². The summed E-state index contributed by atoms with van der Waals surface area (Å²) < 4.78 is 57.6. The summed E-state index contributed by atoms with van der Waals surface area (Å²) in [6, 6.07) is 4.18. The molecule has 0 radical (unpaired) electrons. The van der Waals surface area contributed by atoms with Gasteiger partial charge in [-0.1, -0.05) is 11.6 Å². The van der Waals surface area contributed by atoms with Crippen LogP contribution in [0.3, 0.4) is 0 Å². The number of aromatic amines is 1. The number of benzene rings is 1. The molecule has 7 rings (SSSR count). The minimum atomic E-state index is -0.725. The third kappa shape index (κ3) is 4.24. The number of hydrogen-bond acceptors (Lipinski definition) is 9. The van der Waals surface area contributed by atoms with Crippen molar-refractivity contribution >= 4 is 28.6 Å². The Balaban J connectivity index is 1.01. The van der Waals surface area contributed by atoms with Crippen molar-refractivity contribution in [1.82, 2.24) is 15.0 Å². The number of halogens is 3. The molecule has 3 saturated heterocycles. The third-order valence-electron chi connectivity index (χ3n) is 7.64. The number of aliphatic hydroxyl groups excluding tert-OH is 1. The topological polar surface area (TPSA) is 120 Å². The van der Waals surface area contributed by atoms with Crippen molar-refractivity contribution < 1.29 is 37.6 Å². The van der Waals surface area contributed by atoms with Gasteiger partial charge in [0.1, 0.15) is 47.6 Å². The fraction of sp³-hybridized carbons (Fsp3) is 0.520. The van der Waals surface area contributed by atoms with E-state index in [0.29, 0.717) is 11.2 Å². The molecule has 0 amide bonds. The zero-order valence-electron chi connectivity index (χ0n) is 20.1. The van der Waals surface area contributed by atoms with Gasteiger partial charge in [0.2, 0.25) is 0 Å². The van der Waals surface area contributed by atoms with Crippen LogP contribution in [-0.2, 0) is 20.8 Å². The number of hydrogen-bond donors (Lipinski definition) is 3. The largest absolute Gasteiger partial charge is 0.490 e. The van der Waals surface area contributed by atoms with Crippen LogP contribution in [0.25, 0.3) is 11.2 Å². The van der Waals surface area contributed by atoms with E-state index in [1.54, 1.807) is 6.07 Å². The molecule has 2 aromatic heterocycles. The summed E-state index contributed by atoms with van der Waals surface area (Å²) in [5.41, 5.74) is 0.855. The van der Waals surface area contributed by atoms with Gasteiger partial charge in [-0.05, 0) is 18.9 Å². The van der Waals surface area contributed by atoms with Crippen LogP contribution in [-0.4, -0.2) is 77.0 Å². The van der Waals surface area contributed by atoms with Crippen molar-refractivity contribution in [3.05, 3.63) is 40.4 Å². The number of rotatable bonds is 7. The molecule has 4 atom stereocenters. The van der Waals surface area contributed by atoms with Gasteiger partial charge in [-0.3, -0.25) is 0 Å². The minimum Gasteiger partial charge on any atom is -0.490 e. The SMILES string of the molecule is O[C@@H]1CO[C@H]2[C@@H]1OC[C@H]2Oc1nc2nc(NCc3c(F)cc(OC4CC5(COC5)C4)cc3F)c(Cl)cc2[nH]1. The second kappa shape index (κ2) is 9.16. The van der Waals surface area contributed by atoms with Gasteiger partial charge in [0.25, 0.3) is 6.01 Å². The van der Waals surface area contributed by atoms with Crippen molar-refractivity contribution in [1.29, 1.82) is 0 Å². The van der Waals surface area contributed by atoms with Crippen LogP contribution >= 0.6 is 11.6 Å². The van der Waals surface area contributed by atoms with E-state index < -0.39 is 36.1 Å². The van der Waals surface area contributed by atoms with Crippen molar-refractivity contribution in [2.75, 3.05) is 31.7 Å². The molecule has 13 heteroatoms. The first-order chi connectivity index (χ1) is 18.4. The van der Waals surface area contributed by atoms with Crippen LogP contribution in [0.1, 0.15) is 18.4 Å². The van der Waals surface area contributed by atoms with Gasteiger partial charge in [-0.25, -0.2) is 13.8 Å². The van der Waals surface area contributed by atoms with E-state index >= 15 is 0 Å². The van der Waals surface area contributed by atoms with E-state index in [0.717, 1.165) is 26.1 Å². The Morgan fingerprint density at radius 3 is 2.58 bits per heavy atom. The number of ether oxygens (including phenoxy) is 5. The van der Waals surface area contributed by atoms with Crippen LogP contribution in [0.15, 0.2) is 18.2 Å². The number of pyridine rings is 1. The lowest BCUT2D eigenvalue weighted by Crippen LogP contribution is -2.56. The molecule has 3 N–H and O–H groups in total. The number of H-pyrrole nitrogens is 1. The first kappa shape index (κ1) is 24.3. The zero-order chi connectivity index (χ0) is 26.0. The molecule has 4 aliphatic rings. The fourth-order valence-corrected chi connectivity index (χ4v) is 5.78. The number of aliphatic hydroxyl groups is 1. The monoisotopic (exact) mass is 550 g/mol. The molecular weight excluding hydrogens is 526 g/mol. The maximum atomic E-state index is 14.8. The highest BCUT2D eigenvalue weighted by molar-refractivity contribution is 6.33. The predicted octanol–water partition coefficient (Wildman–Crippen LogP) is 2.97. The summed E-state index contributed by atoms with van der Waals surface area (Å²) in [5, 5.41) is 13.0. The summed E-state index contributed by atoms with van der Waals surface area (Å²) >= 11 is 6.36. The summed E-state index contributed by atoms with van der Waals surface area (Å²) in [6.07, 6.45) is -0.343. The molecule has 0 bridgehead atoms. The van der Waals surface area contributed by atoms with Crippen molar-refractivity contribution in [2.24, 2.45) is 5.41 Å². The molecule has 0 unspecified atom stereocenters. The lowest BCUT2D eigenvalue weighted by Gasteiger charge is -2.52. The van der Waals surface area contributed by atoms with Crippen molar-refractivity contribution in [2.45, 2.75) is 49.9 Å². The van der Waals surface area contributed by atoms with Gasteiger partial charge >= 0.3 is 0 Å². The molecule has 1 aromatic carbocycles. The van der Waals surface area contributed by atoms with Crippen LogP contribution in [0.5, 0.6) is 11.8 Å². The molecule has 1 saturated carbocycles. The standard InChI is InChI=1S/C25H25ClF2N4O6/c26-14-3-17-23(32-24(30-17)38-19-8-36-20-18(33)7-35-21(19)20)31-22(14)29-6-13-15(27)1-11(2-16(13)28)37-12-4-25(5-12)9-34-10-25/h1-3,12,18-21,33H,4-10H2,(H2,29,30,31,32)/t18-,19-,20-,21-/m1/s1. The Morgan fingerprint density at radius 2 is 1.84 bits per heavy atom. The summed E-state index contributed by atoms with van der Waals surface area (Å²) in [5.74, 6) is -1.07. The molecular formula is C25H25ClF2N4O6. The molecule has 10 nitrogen and oxygen atoms in total. The Kier molecular flexibility index (Phi) is 5.85. The Bertz CT molecular complexity index is 1360. The number of imidazole rings is 1. The lowest BCUT2D eigenvalue weighted by molar-refractivity contribution is -0.191. The average Bonchev–Trinajstić information content (AvgIpc) is 3.51. The highest BCUT2D eigenvalue weighted by Crippen LogP contribution is 2.48. The van der Waals surface area contributed by atoms with E-state index in [1.807, 2.05) is 0 Å². The molecule has 1 aliphatic carbocycles. The van der Waals surface area contributed by atoms with Crippen LogP contribution in [0.4, 0.5) is 14.6 Å². The number of nitrogens with one attached hydrogen (secondary N) is 2. The maximum absolute atomic E-state index is 14.8. The van der Waals surface area contributed by atoms with Gasteiger partial charge in [-0.15, -0.1) is 0 Å². The van der Waals surface area contributed by atoms with E-state index in [1.165, 1.54) is 12.1 Å². The van der Waals surface area contributed by atoms with Gasteiger partial charge in [-0.2, -0.15) is 4.98 Å². The first-order valence-electron chi connectivity index (χ1n) is 12.5. The van der Waals surface area contributed by atoms with E-state index in [-0.39, 0.29) is 59.4 Å². The molecule has 5 heterocycles. The quantitative estimate of drug-likeness (QED) is 0.408. The summed E-state index contributed by atoms with van der Waals surface area (Å²) in [6.45, 7) is 1.71. The highest BCUT2D eigenvalue weighted by atomic mass is 35.5. The Morgan fingerprint density at radius 1 is 1.08 bits per heavy atom. The molecule has 3 aromatic rings. The predicted molar refractivity (Wildman–Crippen MR) is 129 cm³/mol. The first-order valence-corrected chi connectivity index (χ1v) is 12.8. The van der Waals surface area contributed by atoms with E-state index in [2.05, 4.69) is 20.3 Å². The summed E-state index contributed by atoms with van der Waals surface area (Å²) in [4.78, 5) is 11.7. The fourth-order valence-electron chi connectivity index (χ4n) is 5.56. The van der Waals surface area contributed by atoms with Gasteiger partial charge in [0.05, 0.1) is 37.0 Å². The van der Waals surface area contributed by atoms with Crippen LogP contribution in [0.2, 0.25) is 5.02 Å². The van der Waals surface area contributed by atoms with Crippen LogP contribution in [0, 0.1) is 17.0 Å². The van der Waals surface area contributed by atoms with E-state index in [4.69, 9.17) is 35.3 Å². The second-order valence-electron chi connectivity index (χ2n) is 10.4. The minimum absolute atomic E-state index is 0.0564. The lowest BCUT2D eigenvalue weighted by atomic mass is 9.65. The zero-order valence-corrected chi connectivity index (χ0v) is 20.8. The number of nitrogens with zero attached hydrogens (tertiary/aromatic N) is 2. The normalized spacial score (nSPS) is 27.8. The highest BCUT2D eigenvalue weighted by Gasteiger charge is 2.51. The Labute approximate surface area is 220 Å². The maximum Gasteiger partial charge on any atom is 0.296 e. The number of anilines is 1.